The number of nitrogens with zero attached hydrogens (tertiary/aromatic N) is 2. The molecule has 0 bridgehead atoms. The molecule has 0 aliphatic heterocycles. The maximum atomic E-state index is 12.4. The fourth-order valence-electron chi connectivity index (χ4n) is 4.53. The highest BCUT2D eigenvalue weighted by molar-refractivity contribution is 6.28. The second-order valence-electron chi connectivity index (χ2n) is 11.5. The molecule has 0 fully saturated rings. The summed E-state index contributed by atoms with van der Waals surface area (Å²) in [7, 11) is 0. The molecule has 0 aliphatic carbocycles. The Hall–Kier alpha value is -4.43. The average Bonchev–Trinajstić information content (AvgIpc) is 3.11. The first-order valence-corrected chi connectivity index (χ1v) is 17.4. The zero-order chi connectivity index (χ0) is 38.7. The lowest BCUT2D eigenvalue weighted by atomic mass is 9.93. The molecular formula is C32H51ClN8O11. The summed E-state index contributed by atoms with van der Waals surface area (Å²) in [5.74, 6) is -1.91. The van der Waals surface area contributed by atoms with Gasteiger partial charge in [0.05, 0.1) is 66.6 Å². The molecule has 1 rings (SSSR count). The van der Waals surface area contributed by atoms with E-state index in [1.54, 1.807) is 0 Å². The van der Waals surface area contributed by atoms with Crippen LogP contribution in [0.1, 0.15) is 44.9 Å². The topological polar surface area (TPSA) is 282 Å². The summed E-state index contributed by atoms with van der Waals surface area (Å²) in [4.78, 5) is 69.5. The van der Waals surface area contributed by atoms with Crippen LogP contribution in [0.3, 0.4) is 0 Å². The normalized spacial score (nSPS) is 12.0. The summed E-state index contributed by atoms with van der Waals surface area (Å²) in [6, 6.07) is 2.43. The minimum Gasteiger partial charge on any atom is -0.386 e. The molecule has 2 atom stereocenters. The number of ketones is 2. The summed E-state index contributed by atoms with van der Waals surface area (Å²) in [5, 5.41) is 32.9. The highest BCUT2D eigenvalue weighted by atomic mass is 35.5. The summed E-state index contributed by atoms with van der Waals surface area (Å²) in [5.41, 5.74) is 10.8. The minimum absolute atomic E-state index is 0.0215. The molecule has 0 aliphatic rings. The third kappa shape index (κ3) is 21.1. The summed E-state index contributed by atoms with van der Waals surface area (Å²) in [6.45, 7) is 6.65. The van der Waals surface area contributed by atoms with Gasteiger partial charge in [-0.05, 0) is 38.2 Å². The van der Waals surface area contributed by atoms with Crippen LogP contribution in [0.2, 0.25) is 0 Å². The van der Waals surface area contributed by atoms with E-state index in [4.69, 9.17) is 37.3 Å². The van der Waals surface area contributed by atoms with Crippen LogP contribution in [0, 0.1) is 26.1 Å². The second-order valence-corrected chi connectivity index (χ2v) is 11.8. The van der Waals surface area contributed by atoms with Crippen LogP contribution in [-0.4, -0.2) is 111 Å². The van der Waals surface area contributed by atoms with Gasteiger partial charge in [-0.1, -0.05) is 6.58 Å². The molecule has 2 amide bonds. The molecule has 20 heteroatoms. The van der Waals surface area contributed by atoms with Crippen LogP contribution in [-0.2, 0) is 33.4 Å². The van der Waals surface area contributed by atoms with E-state index in [9.17, 15) is 39.4 Å². The third-order valence-electron chi connectivity index (χ3n) is 7.32. The lowest BCUT2D eigenvalue weighted by Gasteiger charge is -2.16. The molecule has 0 aromatic heterocycles. The number of nitro benzene ring substituents is 2. The zero-order valence-electron chi connectivity index (χ0n) is 29.2. The van der Waals surface area contributed by atoms with Gasteiger partial charge in [0.1, 0.15) is 5.69 Å². The van der Waals surface area contributed by atoms with Gasteiger partial charge in [-0.2, -0.15) is 0 Å². The van der Waals surface area contributed by atoms with Gasteiger partial charge in [-0.15, -0.1) is 11.6 Å². The lowest BCUT2D eigenvalue weighted by molar-refractivity contribution is -0.393. The number of non-ortho nitro benzene ring substituents is 1. The zero-order valence-corrected chi connectivity index (χ0v) is 30.0. The molecular weight excluding hydrogens is 708 g/mol. The number of benzene rings is 1. The number of nitrogens with two attached hydrogens (primary N) is 2. The van der Waals surface area contributed by atoms with Crippen LogP contribution in [0.5, 0.6) is 0 Å². The molecule has 0 saturated carbocycles. The third-order valence-corrected chi connectivity index (χ3v) is 7.59. The van der Waals surface area contributed by atoms with E-state index in [-0.39, 0.29) is 66.2 Å². The highest BCUT2D eigenvalue weighted by Crippen LogP contribution is 2.28. The van der Waals surface area contributed by atoms with E-state index in [2.05, 4.69) is 27.8 Å². The quantitative estimate of drug-likeness (QED) is 0.0261. The minimum atomic E-state index is -0.985. The monoisotopic (exact) mass is 758 g/mol. The molecule has 19 nitrogen and oxygen atoms in total. The van der Waals surface area contributed by atoms with Gasteiger partial charge in [-0.3, -0.25) is 39.4 Å². The Morgan fingerprint density at radius 2 is 1.46 bits per heavy atom. The van der Waals surface area contributed by atoms with Crippen LogP contribution in [0.4, 0.5) is 17.1 Å². The van der Waals surface area contributed by atoms with Gasteiger partial charge in [-0.25, -0.2) is 0 Å². The largest absolute Gasteiger partial charge is 0.386 e. The number of alkyl halides is 1. The number of ether oxygens (including phenoxy) is 3. The fourth-order valence-corrected chi connectivity index (χ4v) is 4.75. The number of rotatable bonds is 32. The molecule has 1 aromatic carbocycles. The Balaban J connectivity index is 2.04. The predicted octanol–water partition coefficient (Wildman–Crippen LogP) is 1.27. The Kier molecular flexibility index (Phi) is 23.9. The Morgan fingerprint density at radius 3 is 2.06 bits per heavy atom. The van der Waals surface area contributed by atoms with Crippen molar-refractivity contribution in [2.24, 2.45) is 17.4 Å². The molecule has 0 saturated heterocycles. The van der Waals surface area contributed by atoms with E-state index < -0.39 is 27.7 Å². The maximum absolute atomic E-state index is 12.4. The van der Waals surface area contributed by atoms with Crippen LogP contribution < -0.4 is 32.7 Å². The average molecular weight is 759 g/mol. The number of Topliss-reactive ketones (excluding diaryl/α,β-unsaturated/α-hetero) is 2. The predicted molar refractivity (Wildman–Crippen MR) is 193 cm³/mol. The molecule has 52 heavy (non-hydrogen) atoms. The van der Waals surface area contributed by atoms with E-state index in [1.165, 1.54) is 12.1 Å². The number of nitro groups is 2. The first kappa shape index (κ1) is 45.6. The van der Waals surface area contributed by atoms with Crippen molar-refractivity contribution in [1.82, 2.24) is 16.0 Å². The number of carbonyl (C=O) groups excluding carboxylic acids is 4. The Labute approximate surface area is 307 Å². The van der Waals surface area contributed by atoms with Crippen molar-refractivity contribution in [2.75, 3.05) is 77.0 Å². The van der Waals surface area contributed by atoms with Crippen molar-refractivity contribution in [1.29, 1.82) is 0 Å². The number of halogens is 1. The van der Waals surface area contributed by atoms with E-state index in [0.717, 1.165) is 6.07 Å². The molecule has 8 N–H and O–H groups in total. The first-order chi connectivity index (χ1) is 24.8. The van der Waals surface area contributed by atoms with Crippen molar-refractivity contribution < 1.29 is 43.2 Å². The smallest absolute Gasteiger partial charge is 0.299 e. The van der Waals surface area contributed by atoms with Gasteiger partial charge in [0.2, 0.25) is 11.8 Å². The molecule has 0 unspecified atom stereocenters. The van der Waals surface area contributed by atoms with Crippen molar-refractivity contribution in [3.8, 4) is 0 Å². The van der Waals surface area contributed by atoms with Crippen molar-refractivity contribution in [3.63, 3.8) is 0 Å². The highest BCUT2D eigenvalue weighted by Gasteiger charge is 2.22. The number of hydrogen-bond acceptors (Lipinski definition) is 15. The molecule has 0 radical (unpaired) electrons. The standard InChI is InChI=1S/C32H51ClN8O11/c1-23(34)36-10-2-5-24(30(43)21-33)19-26(42)22-39-32(45)27(35)7-9-31(44)38-12-4-14-51-16-18-52-17-15-50-13-3-11-37-28-8-6-25(40(46)47)20-29(28)41(48)49/h6,8,20,24,27,36-37H,1-5,7,9-19,21-22,34-35H2,(H,38,44)(H,39,45)/t24-,27+/m1/s1. The summed E-state index contributed by atoms with van der Waals surface area (Å²) >= 11 is 5.68. The Bertz CT molecular complexity index is 1320. The lowest BCUT2D eigenvalue weighted by Crippen LogP contribution is -2.43. The van der Waals surface area contributed by atoms with Gasteiger partial charge in [0.15, 0.2) is 11.6 Å². The Morgan fingerprint density at radius 1 is 0.846 bits per heavy atom. The van der Waals surface area contributed by atoms with E-state index >= 15 is 0 Å². The number of hydrogen-bond donors (Lipinski definition) is 6. The van der Waals surface area contributed by atoms with Crippen molar-refractivity contribution in [3.05, 3.63) is 50.8 Å². The van der Waals surface area contributed by atoms with Crippen LogP contribution in [0.25, 0.3) is 0 Å². The van der Waals surface area contributed by atoms with E-state index in [0.29, 0.717) is 90.8 Å². The number of nitrogens with one attached hydrogen (secondary N) is 4. The molecule has 0 heterocycles. The number of amides is 2. The van der Waals surface area contributed by atoms with Crippen molar-refractivity contribution >= 4 is 52.0 Å². The van der Waals surface area contributed by atoms with Crippen LogP contribution >= 0.6 is 11.6 Å². The molecule has 292 valence electrons. The first-order valence-electron chi connectivity index (χ1n) is 16.8. The van der Waals surface area contributed by atoms with Gasteiger partial charge < -0.3 is 46.9 Å². The summed E-state index contributed by atoms with van der Waals surface area (Å²) < 4.78 is 16.4. The van der Waals surface area contributed by atoms with Crippen molar-refractivity contribution in [2.45, 2.75) is 51.0 Å². The second kappa shape index (κ2) is 27.3. The SMILES string of the molecule is C=C(N)NCCC[C@H](CC(=O)CNC(=O)[C@@H](N)CCC(=O)NCCCOCCOCCOCCCNc1ccc([N+](=O)[O-])cc1[N+](=O)[O-])C(=O)CCl. The fraction of sp³-hybridized carbons (Fsp3) is 0.625. The molecule has 0 spiro atoms. The molecule has 1 aromatic rings. The van der Waals surface area contributed by atoms with Gasteiger partial charge in [0.25, 0.3) is 11.4 Å². The van der Waals surface area contributed by atoms with Gasteiger partial charge in [0, 0.05) is 57.7 Å². The van der Waals surface area contributed by atoms with Crippen LogP contribution in [0.15, 0.2) is 30.6 Å². The number of carbonyl (C=O) groups is 4. The number of anilines is 1. The van der Waals surface area contributed by atoms with Gasteiger partial charge >= 0.3 is 0 Å². The van der Waals surface area contributed by atoms with E-state index in [1.807, 2.05) is 0 Å². The maximum Gasteiger partial charge on any atom is 0.299 e. The summed E-state index contributed by atoms with van der Waals surface area (Å²) in [6.07, 6.45) is 2.16.